The maximum absolute atomic E-state index is 11.6. The number of ether oxygens (including phenoxy) is 2. The molecular formula is C21H31NO4. The van der Waals surface area contributed by atoms with Crippen LogP contribution in [0, 0.1) is 5.92 Å². The maximum atomic E-state index is 11.6. The van der Waals surface area contributed by atoms with Gasteiger partial charge in [-0.1, -0.05) is 56.9 Å². The van der Waals surface area contributed by atoms with Gasteiger partial charge in [-0.05, 0) is 43.2 Å². The molecule has 1 fully saturated rings. The van der Waals surface area contributed by atoms with Crippen LogP contribution in [-0.4, -0.2) is 18.2 Å². The second-order valence-electron chi connectivity index (χ2n) is 7.10. The highest BCUT2D eigenvalue weighted by Gasteiger charge is 2.40. The maximum Gasteiger partial charge on any atom is 0.404 e. The number of rotatable bonds is 12. The molecule has 5 nitrogen and oxygen atoms in total. The Labute approximate surface area is 156 Å². The smallest absolute Gasteiger partial charge is 0.404 e. The van der Waals surface area contributed by atoms with Gasteiger partial charge in [-0.3, -0.25) is 4.79 Å². The molecule has 0 unspecified atom stereocenters. The molecule has 1 heterocycles. The molecule has 144 valence electrons. The first-order chi connectivity index (χ1) is 12.6. The van der Waals surface area contributed by atoms with E-state index in [1.54, 1.807) is 0 Å². The summed E-state index contributed by atoms with van der Waals surface area (Å²) in [5.74, 6) is 0.120. The summed E-state index contributed by atoms with van der Waals surface area (Å²) in [6.45, 7) is 2.40. The van der Waals surface area contributed by atoms with Crippen molar-refractivity contribution in [1.82, 2.24) is 0 Å². The van der Waals surface area contributed by atoms with E-state index in [4.69, 9.17) is 15.2 Å². The predicted molar refractivity (Wildman–Crippen MR) is 100 cm³/mol. The summed E-state index contributed by atoms with van der Waals surface area (Å²) in [5.41, 5.74) is 7.16. The van der Waals surface area contributed by atoms with Crippen molar-refractivity contribution >= 4 is 12.1 Å². The number of hydrogen-bond donors (Lipinski definition) is 1. The zero-order valence-corrected chi connectivity index (χ0v) is 15.7. The third kappa shape index (κ3) is 6.70. The third-order valence-electron chi connectivity index (χ3n) is 4.96. The van der Waals surface area contributed by atoms with Gasteiger partial charge in [-0.25, -0.2) is 4.79 Å². The van der Waals surface area contributed by atoms with Crippen LogP contribution in [0.25, 0.3) is 0 Å². The molecule has 0 bridgehead atoms. The first-order valence-electron chi connectivity index (χ1n) is 9.80. The summed E-state index contributed by atoms with van der Waals surface area (Å²) in [5, 5.41) is 0. The molecule has 2 atom stereocenters. The largest absolute Gasteiger partial charge is 0.461 e. The second-order valence-corrected chi connectivity index (χ2v) is 7.10. The fourth-order valence-corrected chi connectivity index (χ4v) is 3.46. The molecule has 1 aliphatic heterocycles. The molecule has 26 heavy (non-hydrogen) atoms. The molecule has 2 rings (SSSR count). The van der Waals surface area contributed by atoms with Gasteiger partial charge in [0.1, 0.15) is 12.7 Å². The van der Waals surface area contributed by atoms with Crippen LogP contribution in [0.15, 0.2) is 24.3 Å². The van der Waals surface area contributed by atoms with E-state index >= 15 is 0 Å². The third-order valence-corrected chi connectivity index (χ3v) is 4.96. The van der Waals surface area contributed by atoms with Crippen molar-refractivity contribution in [3.05, 3.63) is 35.4 Å². The van der Waals surface area contributed by atoms with Crippen LogP contribution in [0.2, 0.25) is 0 Å². The van der Waals surface area contributed by atoms with Crippen LogP contribution >= 0.6 is 0 Å². The average Bonchev–Trinajstić information content (AvgIpc) is 2.62. The van der Waals surface area contributed by atoms with Gasteiger partial charge in [0.25, 0.3) is 0 Å². The Morgan fingerprint density at radius 3 is 2.62 bits per heavy atom. The van der Waals surface area contributed by atoms with Crippen LogP contribution in [0.3, 0.4) is 0 Å². The molecule has 0 aromatic heterocycles. The topological polar surface area (TPSA) is 78.6 Å². The Morgan fingerprint density at radius 2 is 1.88 bits per heavy atom. The number of esters is 1. The fraction of sp³-hybridized carbons (Fsp3) is 0.619. The standard InChI is InChI=1S/C21H31NO4/c1-2-3-4-5-12-18-19(26-20(18)23)13-7-6-9-16-10-8-11-17(14-16)15-25-21(22)24/h8,10-11,14,18-19H,2-7,9,12-13,15H2,1H3,(H2,22,24)/t18-,19-/m1/s1. The van der Waals surface area contributed by atoms with Crippen molar-refractivity contribution < 1.29 is 19.1 Å². The monoisotopic (exact) mass is 361 g/mol. The lowest BCUT2D eigenvalue weighted by molar-refractivity contribution is -0.186. The number of carbonyl (C=O) groups excluding carboxylic acids is 2. The highest BCUT2D eigenvalue weighted by molar-refractivity contribution is 5.78. The van der Waals surface area contributed by atoms with E-state index in [9.17, 15) is 9.59 Å². The Kier molecular flexibility index (Phi) is 8.45. The van der Waals surface area contributed by atoms with Crippen molar-refractivity contribution in [3.8, 4) is 0 Å². The minimum absolute atomic E-state index is 0.00588. The van der Waals surface area contributed by atoms with E-state index < -0.39 is 6.09 Å². The number of unbranched alkanes of at least 4 members (excludes halogenated alkanes) is 4. The van der Waals surface area contributed by atoms with Gasteiger partial charge in [0.15, 0.2) is 0 Å². The summed E-state index contributed by atoms with van der Waals surface area (Å²) in [6.07, 6.45) is 9.17. The van der Waals surface area contributed by atoms with Crippen LogP contribution < -0.4 is 5.73 Å². The average molecular weight is 361 g/mol. The highest BCUT2D eigenvalue weighted by atomic mass is 16.6. The first kappa shape index (κ1) is 20.3. The SMILES string of the molecule is CCCCCC[C@H]1C(=O)O[C@@H]1CCCCc1cccc(COC(N)=O)c1. The molecule has 5 heteroatoms. The van der Waals surface area contributed by atoms with Gasteiger partial charge in [0, 0.05) is 0 Å². The summed E-state index contributed by atoms with van der Waals surface area (Å²) in [4.78, 5) is 22.3. The van der Waals surface area contributed by atoms with E-state index in [-0.39, 0.29) is 24.6 Å². The number of benzene rings is 1. The van der Waals surface area contributed by atoms with Gasteiger partial charge >= 0.3 is 12.1 Å². The normalized spacial score (nSPS) is 18.9. The number of nitrogens with two attached hydrogens (primary N) is 1. The first-order valence-corrected chi connectivity index (χ1v) is 9.80. The highest BCUT2D eigenvalue weighted by Crippen LogP contribution is 2.31. The number of aryl methyl sites for hydroxylation is 1. The molecule has 1 aliphatic rings. The van der Waals surface area contributed by atoms with Gasteiger partial charge in [0.05, 0.1) is 5.92 Å². The van der Waals surface area contributed by atoms with Crippen LogP contribution in [0.5, 0.6) is 0 Å². The molecule has 1 aromatic rings. The minimum atomic E-state index is -0.755. The minimum Gasteiger partial charge on any atom is -0.461 e. The lowest BCUT2D eigenvalue weighted by Gasteiger charge is -2.35. The van der Waals surface area contributed by atoms with Crippen molar-refractivity contribution in [2.24, 2.45) is 11.7 Å². The molecule has 0 saturated carbocycles. The van der Waals surface area contributed by atoms with Crippen molar-refractivity contribution in [2.75, 3.05) is 0 Å². The molecular weight excluding hydrogens is 330 g/mol. The molecule has 0 spiro atoms. The molecule has 2 N–H and O–H groups in total. The summed E-state index contributed by atoms with van der Waals surface area (Å²) in [6, 6.07) is 8.01. The van der Waals surface area contributed by atoms with Gasteiger partial charge < -0.3 is 15.2 Å². The van der Waals surface area contributed by atoms with Crippen molar-refractivity contribution in [2.45, 2.75) is 77.4 Å². The fourth-order valence-electron chi connectivity index (χ4n) is 3.46. The second kappa shape index (κ2) is 10.8. The van der Waals surface area contributed by atoms with Crippen LogP contribution in [-0.2, 0) is 27.3 Å². The Hall–Kier alpha value is -2.04. The van der Waals surface area contributed by atoms with Crippen LogP contribution in [0.4, 0.5) is 4.79 Å². The van der Waals surface area contributed by atoms with Gasteiger partial charge in [-0.2, -0.15) is 0 Å². The Bertz CT molecular complexity index is 587. The number of amides is 1. The number of cyclic esters (lactones) is 1. The summed E-state index contributed by atoms with van der Waals surface area (Å²) < 4.78 is 10.2. The van der Waals surface area contributed by atoms with Gasteiger partial charge in [-0.15, -0.1) is 0 Å². The zero-order valence-electron chi connectivity index (χ0n) is 15.7. The molecule has 1 amide bonds. The van der Waals surface area contributed by atoms with Crippen molar-refractivity contribution in [3.63, 3.8) is 0 Å². The zero-order chi connectivity index (χ0) is 18.8. The number of hydrogen-bond acceptors (Lipinski definition) is 4. The molecule has 1 saturated heterocycles. The Morgan fingerprint density at radius 1 is 1.12 bits per heavy atom. The quantitative estimate of drug-likeness (QED) is 0.439. The molecule has 0 aliphatic carbocycles. The molecule has 0 radical (unpaired) electrons. The van der Waals surface area contributed by atoms with E-state index in [1.807, 2.05) is 18.2 Å². The van der Waals surface area contributed by atoms with E-state index in [2.05, 4.69) is 13.0 Å². The Balaban J connectivity index is 1.64. The predicted octanol–water partition coefficient (Wildman–Crippen LogP) is 4.51. The lowest BCUT2D eigenvalue weighted by Crippen LogP contribution is -2.44. The summed E-state index contributed by atoms with van der Waals surface area (Å²) in [7, 11) is 0. The number of carbonyl (C=O) groups is 2. The molecule has 1 aromatic carbocycles. The number of primary amides is 1. The van der Waals surface area contributed by atoms with E-state index in [1.165, 1.54) is 24.8 Å². The van der Waals surface area contributed by atoms with E-state index in [0.717, 1.165) is 44.1 Å². The van der Waals surface area contributed by atoms with E-state index in [0.29, 0.717) is 0 Å². The van der Waals surface area contributed by atoms with Crippen molar-refractivity contribution in [1.29, 1.82) is 0 Å². The van der Waals surface area contributed by atoms with Crippen LogP contribution in [0.1, 0.15) is 69.4 Å². The lowest BCUT2D eigenvalue weighted by atomic mass is 9.87. The van der Waals surface area contributed by atoms with Gasteiger partial charge in [0.2, 0.25) is 0 Å². The summed E-state index contributed by atoms with van der Waals surface area (Å²) >= 11 is 0.